The van der Waals surface area contributed by atoms with Gasteiger partial charge in [0.15, 0.2) is 0 Å². The fourth-order valence-corrected chi connectivity index (χ4v) is 11.1. The van der Waals surface area contributed by atoms with Crippen LogP contribution in [0.25, 0.3) is 0 Å². The van der Waals surface area contributed by atoms with Crippen molar-refractivity contribution in [3.05, 3.63) is 60.8 Å². The van der Waals surface area contributed by atoms with E-state index < -0.39 is 20.0 Å². The summed E-state index contributed by atoms with van der Waals surface area (Å²) in [6.07, 6.45) is 80.6. The Morgan fingerprint density at radius 3 is 1.13 bits per heavy atom. The smallest absolute Gasteiger partial charge is 0.306 e. The number of nitrogens with one attached hydrogen (secondary N) is 1. The van der Waals surface area contributed by atoms with E-state index in [1.807, 2.05) is 33.3 Å². The fourth-order valence-electron chi connectivity index (χ4n) is 10.4. The van der Waals surface area contributed by atoms with Gasteiger partial charge in [0.25, 0.3) is 7.82 Å². The third-order valence-electron chi connectivity index (χ3n) is 15.9. The molecule has 0 aliphatic carbocycles. The summed E-state index contributed by atoms with van der Waals surface area (Å²) < 4.78 is 30.4. The molecule has 0 spiro atoms. The summed E-state index contributed by atoms with van der Waals surface area (Å²) in [6.45, 7) is 6.84. The van der Waals surface area contributed by atoms with Crippen LogP contribution < -0.4 is 10.2 Å². The number of carbonyl (C=O) groups excluding carboxylic acids is 2. The van der Waals surface area contributed by atoms with Gasteiger partial charge < -0.3 is 28.5 Å². The predicted octanol–water partition coefficient (Wildman–Crippen LogP) is 21.9. The summed E-state index contributed by atoms with van der Waals surface area (Å²) in [5.74, 6) is -0.538. The predicted molar refractivity (Wildman–Crippen MR) is 358 cm³/mol. The molecule has 486 valence electrons. The number of allylic oxidation sites excluding steroid dienone is 9. The first-order valence-corrected chi connectivity index (χ1v) is 37.1. The molecule has 0 fully saturated rings. The van der Waals surface area contributed by atoms with Gasteiger partial charge in [-0.1, -0.05) is 294 Å². The normalized spacial score (nSPS) is 13.9. The lowest BCUT2D eigenvalue weighted by atomic mass is 10.0. The monoisotopic (exact) mass is 1190 g/mol. The second-order valence-corrected chi connectivity index (χ2v) is 26.8. The van der Waals surface area contributed by atoms with Crippen molar-refractivity contribution < 1.29 is 37.3 Å². The number of nitrogens with zero attached hydrogens (tertiary/aromatic N) is 1. The fraction of sp³-hybridized carbons (Fsp3) is 0.836. The van der Waals surface area contributed by atoms with Crippen LogP contribution in [0, 0.1) is 0 Å². The van der Waals surface area contributed by atoms with Gasteiger partial charge in [0.05, 0.1) is 33.8 Å². The molecule has 0 radical (unpaired) electrons. The van der Waals surface area contributed by atoms with E-state index in [0.29, 0.717) is 17.4 Å². The number of hydrogen-bond donors (Lipinski definition) is 1. The lowest BCUT2D eigenvalue weighted by Crippen LogP contribution is -2.47. The Bertz CT molecular complexity index is 1600. The van der Waals surface area contributed by atoms with Crippen LogP contribution in [0.5, 0.6) is 0 Å². The minimum absolute atomic E-state index is 0.0235. The Morgan fingerprint density at radius 1 is 0.422 bits per heavy atom. The van der Waals surface area contributed by atoms with E-state index >= 15 is 0 Å². The Kier molecular flexibility index (Phi) is 61.0. The molecule has 1 amide bonds. The maximum absolute atomic E-state index is 13.6. The number of phosphoric acid groups is 1. The number of hydrogen-bond acceptors (Lipinski definition) is 7. The Labute approximate surface area is 515 Å². The van der Waals surface area contributed by atoms with E-state index in [9.17, 15) is 19.0 Å². The first-order valence-electron chi connectivity index (χ1n) is 35.6. The summed E-state index contributed by atoms with van der Waals surface area (Å²) in [6, 6.07) is -0.892. The first-order chi connectivity index (χ1) is 40.4. The Balaban J connectivity index is 5.02. The van der Waals surface area contributed by atoms with Gasteiger partial charge in [-0.25, -0.2) is 0 Å². The summed E-state index contributed by atoms with van der Waals surface area (Å²) in [5, 5.41) is 3.04. The number of phosphoric ester groups is 1. The number of likely N-dealkylation sites (N-methyl/N-ethyl adjacent to an activating group) is 1. The van der Waals surface area contributed by atoms with E-state index in [1.165, 1.54) is 225 Å². The maximum Gasteiger partial charge on any atom is 0.306 e. The lowest BCUT2D eigenvalue weighted by molar-refractivity contribution is -0.870. The van der Waals surface area contributed by atoms with Crippen molar-refractivity contribution in [1.29, 1.82) is 0 Å². The number of quaternary nitrogens is 1. The van der Waals surface area contributed by atoms with E-state index in [2.05, 4.69) is 74.7 Å². The van der Waals surface area contributed by atoms with Gasteiger partial charge in [-0.15, -0.1) is 0 Å². The largest absolute Gasteiger partial charge is 0.756 e. The van der Waals surface area contributed by atoms with Crippen LogP contribution in [0.3, 0.4) is 0 Å². The standard InChI is InChI=1S/C73H137N2O7P/c1-7-10-13-16-19-22-25-27-29-31-33-35-36-37-38-40-41-43-45-47-50-53-56-59-62-65-72(76)74-70(69-81-83(78,79)80-68-67-75(4,5)6)71(64-61-58-55-52-49-24-21-18-15-12-9-3)82-73(77)66-63-60-57-54-51-48-46-44-42-39-34-32-30-28-26-23-20-17-14-11-8-2/h20,23,27-30,34,39,61,64,70-71H,7-19,21-22,24-26,31-33,35-38,40-60,62-63,65-69H2,1-6H3,(H-,74,76,78,79)/b23-20-,29-27+,30-28-,39-34-,64-61-. The van der Waals surface area contributed by atoms with Crippen LogP contribution in [0.4, 0.5) is 0 Å². The number of carbonyl (C=O) groups is 2. The molecule has 3 unspecified atom stereocenters. The van der Waals surface area contributed by atoms with Crippen molar-refractivity contribution >= 4 is 19.7 Å². The molecule has 0 aromatic heterocycles. The van der Waals surface area contributed by atoms with Crippen LogP contribution in [0.2, 0.25) is 0 Å². The molecule has 0 aliphatic rings. The van der Waals surface area contributed by atoms with Crippen molar-refractivity contribution in [1.82, 2.24) is 5.32 Å². The summed E-state index contributed by atoms with van der Waals surface area (Å²) in [5.41, 5.74) is 0. The highest BCUT2D eigenvalue weighted by molar-refractivity contribution is 7.45. The highest BCUT2D eigenvalue weighted by Gasteiger charge is 2.27. The highest BCUT2D eigenvalue weighted by Crippen LogP contribution is 2.38. The van der Waals surface area contributed by atoms with Crippen molar-refractivity contribution in [3.63, 3.8) is 0 Å². The van der Waals surface area contributed by atoms with E-state index in [0.717, 1.165) is 83.5 Å². The minimum atomic E-state index is -4.70. The third-order valence-corrected chi connectivity index (χ3v) is 16.9. The minimum Gasteiger partial charge on any atom is -0.756 e. The molecule has 0 aromatic carbocycles. The third kappa shape index (κ3) is 64.0. The lowest BCUT2D eigenvalue weighted by Gasteiger charge is -2.30. The van der Waals surface area contributed by atoms with Gasteiger partial charge in [0.1, 0.15) is 19.3 Å². The molecular formula is C73H137N2O7P. The number of esters is 1. The second-order valence-electron chi connectivity index (χ2n) is 25.4. The average molecular weight is 1190 g/mol. The number of rotatable bonds is 65. The summed E-state index contributed by atoms with van der Waals surface area (Å²) in [7, 11) is 1.19. The molecule has 3 atom stereocenters. The molecule has 0 saturated heterocycles. The van der Waals surface area contributed by atoms with E-state index in [-0.39, 0.29) is 31.5 Å². The molecule has 0 aliphatic heterocycles. The molecule has 9 nitrogen and oxygen atoms in total. The topological polar surface area (TPSA) is 114 Å². The molecule has 83 heavy (non-hydrogen) atoms. The van der Waals surface area contributed by atoms with Crippen LogP contribution >= 0.6 is 7.82 Å². The van der Waals surface area contributed by atoms with Crippen LogP contribution in [-0.2, 0) is 27.9 Å². The SMILES string of the molecule is CCCCC/C=C\C/C=C\C/C=C\CCCCCCCCCCC(=O)OC(/C=C\CCCCCCCCCCC)C(COP(=O)([O-])OCC[N+](C)(C)C)NC(=O)CCCCCCCCCCCCCCCCC/C=C/CCCCCCCC. The van der Waals surface area contributed by atoms with E-state index in [1.54, 1.807) is 0 Å². The van der Waals surface area contributed by atoms with Gasteiger partial charge in [-0.2, -0.15) is 0 Å². The van der Waals surface area contributed by atoms with Crippen LogP contribution in [0.1, 0.15) is 342 Å². The zero-order valence-electron chi connectivity index (χ0n) is 55.7. The molecule has 0 rings (SSSR count). The van der Waals surface area contributed by atoms with Gasteiger partial charge in [0, 0.05) is 12.8 Å². The van der Waals surface area contributed by atoms with Crippen molar-refractivity contribution in [2.75, 3.05) is 40.9 Å². The second kappa shape index (κ2) is 62.8. The van der Waals surface area contributed by atoms with Gasteiger partial charge >= 0.3 is 5.97 Å². The van der Waals surface area contributed by atoms with Crippen LogP contribution in [0.15, 0.2) is 60.8 Å². The van der Waals surface area contributed by atoms with Gasteiger partial charge in [0.2, 0.25) is 5.91 Å². The summed E-state index contributed by atoms with van der Waals surface area (Å²) >= 11 is 0. The summed E-state index contributed by atoms with van der Waals surface area (Å²) in [4.78, 5) is 40.1. The molecule has 0 bridgehead atoms. The highest BCUT2D eigenvalue weighted by atomic mass is 31.2. The number of amides is 1. The Morgan fingerprint density at radius 2 is 0.735 bits per heavy atom. The number of unbranched alkanes of at least 4 members (excludes halogenated alkanes) is 41. The molecular weight excluding hydrogens is 1050 g/mol. The maximum atomic E-state index is 13.6. The molecule has 0 saturated carbocycles. The van der Waals surface area contributed by atoms with Crippen molar-refractivity contribution in [2.24, 2.45) is 0 Å². The first kappa shape index (κ1) is 80.7. The zero-order valence-corrected chi connectivity index (χ0v) is 56.6. The molecule has 0 heterocycles. The van der Waals surface area contributed by atoms with Crippen molar-refractivity contribution in [3.8, 4) is 0 Å². The molecule has 1 N–H and O–H groups in total. The molecule has 10 heteroatoms. The Hall–Kier alpha value is -2.29. The van der Waals surface area contributed by atoms with E-state index in [4.69, 9.17) is 13.8 Å². The zero-order chi connectivity index (χ0) is 60.7. The van der Waals surface area contributed by atoms with Gasteiger partial charge in [-0.05, 0) is 96.0 Å². The van der Waals surface area contributed by atoms with Gasteiger partial charge in [-0.3, -0.25) is 14.2 Å². The number of ether oxygens (including phenoxy) is 1. The quantitative estimate of drug-likeness (QED) is 0.0212. The van der Waals surface area contributed by atoms with Crippen molar-refractivity contribution in [2.45, 2.75) is 354 Å². The van der Waals surface area contributed by atoms with Crippen LogP contribution in [-0.4, -0.2) is 69.4 Å². The average Bonchev–Trinajstić information content (AvgIpc) is 3.51. The molecule has 0 aromatic rings.